The largest absolute Gasteiger partial charge is 0.383 e. The Hall–Kier alpha value is -5.15. The topological polar surface area (TPSA) is 157 Å². The van der Waals surface area contributed by atoms with E-state index in [4.69, 9.17) is 11.5 Å². The summed E-state index contributed by atoms with van der Waals surface area (Å²) in [5.74, 6) is 1.30. The molecule has 6 aromatic heterocycles. The molecule has 8 N–H and O–H groups in total. The molecule has 2 saturated heterocycles. The molecule has 2 fully saturated rings. The lowest BCUT2D eigenvalue weighted by Gasteiger charge is -2.38. The Morgan fingerprint density at radius 3 is 1.67 bits per heavy atom. The minimum absolute atomic E-state index is 0.211. The molecule has 0 aliphatic carbocycles. The number of benzene rings is 2. The van der Waals surface area contributed by atoms with Crippen molar-refractivity contribution in [1.82, 2.24) is 40.4 Å². The number of rotatable bonds is 8. The van der Waals surface area contributed by atoms with Gasteiger partial charge in [0.05, 0.1) is 12.1 Å². The standard InChI is InChI=1S/C41H40N10OS2/c42-40-35-29(23-1-3-31-25(13-23)5-7-44-31)21-53-38(35)27(15-48-40)17-50-11-9-46-33(19-50)37(52)34-20-51(12-10-47-34)18-28-16-49-41(43)36-30(22-54-39(28)36)24-2-4-32-26(14-24)6-8-45-32/h1-8,13-16,21-22,33-34,44-47H,9-12,17-20H2,(H2,42,48)(H2,43,49). The van der Waals surface area contributed by atoms with E-state index >= 15 is 0 Å². The van der Waals surface area contributed by atoms with Gasteiger partial charge in [0.15, 0.2) is 5.78 Å². The SMILES string of the molecule is Nc1ncc(CN2CCNC(C(=O)C3CN(Cc4cnc(N)c5c(-c6ccc7[nH]ccc7c6)csc45)CCN3)C2)c2scc(-c3ccc4[nH]ccc4c3)c12. The van der Waals surface area contributed by atoms with Crippen LogP contribution in [0.5, 0.6) is 0 Å². The maximum Gasteiger partial charge on any atom is 0.169 e. The van der Waals surface area contributed by atoms with Gasteiger partial charge in [-0.05, 0) is 69.1 Å². The monoisotopic (exact) mass is 752 g/mol. The number of fused-ring (bicyclic) bond motifs is 4. The van der Waals surface area contributed by atoms with Gasteiger partial charge in [0.25, 0.3) is 0 Å². The first-order valence-electron chi connectivity index (χ1n) is 18.4. The second-order valence-electron chi connectivity index (χ2n) is 14.5. The van der Waals surface area contributed by atoms with E-state index in [1.807, 2.05) is 24.8 Å². The van der Waals surface area contributed by atoms with E-state index in [2.05, 4.69) is 99.7 Å². The smallest absolute Gasteiger partial charge is 0.169 e. The Labute approximate surface area is 319 Å². The van der Waals surface area contributed by atoms with Crippen LogP contribution < -0.4 is 22.1 Å². The predicted molar refractivity (Wildman–Crippen MR) is 222 cm³/mol. The molecule has 8 heterocycles. The summed E-state index contributed by atoms with van der Waals surface area (Å²) in [5.41, 5.74) is 22.0. The lowest BCUT2D eigenvalue weighted by Crippen LogP contribution is -2.62. The number of carbonyl (C=O) groups is 1. The summed E-state index contributed by atoms with van der Waals surface area (Å²) in [6.07, 6.45) is 7.74. The van der Waals surface area contributed by atoms with E-state index in [0.29, 0.717) is 37.8 Å². The Morgan fingerprint density at radius 1 is 0.704 bits per heavy atom. The number of hydrogen-bond donors (Lipinski definition) is 6. The summed E-state index contributed by atoms with van der Waals surface area (Å²) in [6.45, 7) is 5.89. The fourth-order valence-electron chi connectivity index (χ4n) is 8.34. The molecule has 272 valence electrons. The van der Waals surface area contributed by atoms with E-state index in [0.717, 1.165) is 90.8 Å². The molecule has 0 spiro atoms. The zero-order valence-electron chi connectivity index (χ0n) is 29.6. The first kappa shape index (κ1) is 33.4. The first-order chi connectivity index (χ1) is 26.5. The number of pyridine rings is 2. The Kier molecular flexibility index (Phi) is 8.42. The normalized spacial score (nSPS) is 18.7. The maximum atomic E-state index is 14.1. The molecule has 0 amide bonds. The van der Waals surface area contributed by atoms with Gasteiger partial charge in [0.1, 0.15) is 11.6 Å². The van der Waals surface area contributed by atoms with Crippen LogP contribution in [-0.4, -0.2) is 86.9 Å². The summed E-state index contributed by atoms with van der Waals surface area (Å²) in [4.78, 5) is 34.7. The van der Waals surface area contributed by atoms with Crippen LogP contribution in [0.4, 0.5) is 11.6 Å². The number of carbonyl (C=O) groups excluding carboxylic acids is 1. The summed E-state index contributed by atoms with van der Waals surface area (Å²) in [7, 11) is 0. The average molecular weight is 753 g/mol. The van der Waals surface area contributed by atoms with Crippen molar-refractivity contribution in [2.24, 2.45) is 0 Å². The molecule has 54 heavy (non-hydrogen) atoms. The lowest BCUT2D eigenvalue weighted by molar-refractivity contribution is -0.125. The third-order valence-corrected chi connectivity index (χ3v) is 13.2. The Bertz CT molecular complexity index is 2510. The fraction of sp³-hybridized carbons (Fsp3) is 0.244. The molecule has 0 bridgehead atoms. The second kappa shape index (κ2) is 13.6. The van der Waals surface area contributed by atoms with Crippen LogP contribution in [0.25, 0.3) is 64.2 Å². The van der Waals surface area contributed by atoms with Gasteiger partial charge >= 0.3 is 0 Å². The van der Waals surface area contributed by atoms with Crippen LogP contribution >= 0.6 is 22.7 Å². The third kappa shape index (κ3) is 5.93. The van der Waals surface area contributed by atoms with Gasteiger partial charge in [-0.2, -0.15) is 0 Å². The number of thiophene rings is 2. The van der Waals surface area contributed by atoms with Crippen molar-refractivity contribution >= 4 is 82.1 Å². The minimum atomic E-state index is -0.262. The minimum Gasteiger partial charge on any atom is -0.383 e. The van der Waals surface area contributed by atoms with Gasteiger partial charge in [-0.1, -0.05) is 12.1 Å². The lowest BCUT2D eigenvalue weighted by atomic mass is 9.99. The van der Waals surface area contributed by atoms with E-state index < -0.39 is 0 Å². The van der Waals surface area contributed by atoms with Crippen LogP contribution in [-0.2, 0) is 17.9 Å². The molecule has 13 heteroatoms. The fourth-order valence-corrected chi connectivity index (χ4v) is 10.5. The van der Waals surface area contributed by atoms with Crippen LogP contribution in [0.2, 0.25) is 0 Å². The highest BCUT2D eigenvalue weighted by Crippen LogP contribution is 2.41. The highest BCUT2D eigenvalue weighted by Gasteiger charge is 2.34. The van der Waals surface area contributed by atoms with E-state index in [1.54, 1.807) is 22.7 Å². The molecular weight excluding hydrogens is 713 g/mol. The van der Waals surface area contributed by atoms with Crippen molar-refractivity contribution in [3.63, 3.8) is 0 Å². The number of nitrogen functional groups attached to an aromatic ring is 2. The van der Waals surface area contributed by atoms with Gasteiger partial charge in [-0.3, -0.25) is 14.6 Å². The maximum absolute atomic E-state index is 14.1. The number of aromatic nitrogens is 4. The van der Waals surface area contributed by atoms with Gasteiger partial charge in [-0.25, -0.2) is 9.97 Å². The number of hydrogen-bond acceptors (Lipinski definition) is 11. The molecule has 10 rings (SSSR count). The van der Waals surface area contributed by atoms with Gasteiger partial charge in [0, 0.05) is 131 Å². The van der Waals surface area contributed by atoms with Gasteiger partial charge in [-0.15, -0.1) is 22.7 Å². The summed E-state index contributed by atoms with van der Waals surface area (Å²) in [6, 6.07) is 16.5. The Balaban J connectivity index is 0.832. The number of ketones is 1. The third-order valence-electron chi connectivity index (χ3n) is 11.1. The number of aromatic amines is 2. The molecule has 2 aromatic carbocycles. The van der Waals surface area contributed by atoms with Crippen LogP contribution in [0.3, 0.4) is 0 Å². The van der Waals surface area contributed by atoms with E-state index in [1.165, 1.54) is 10.8 Å². The molecule has 2 aliphatic heterocycles. The number of H-pyrrole nitrogens is 2. The highest BCUT2D eigenvalue weighted by molar-refractivity contribution is 7.18. The number of nitrogens with one attached hydrogen (secondary N) is 4. The number of nitrogens with zero attached hydrogens (tertiary/aromatic N) is 4. The zero-order valence-corrected chi connectivity index (χ0v) is 31.2. The zero-order chi connectivity index (χ0) is 36.3. The van der Waals surface area contributed by atoms with Crippen molar-refractivity contribution in [2.45, 2.75) is 25.2 Å². The van der Waals surface area contributed by atoms with Crippen molar-refractivity contribution in [2.75, 3.05) is 50.7 Å². The molecule has 0 saturated carbocycles. The predicted octanol–water partition coefficient (Wildman–Crippen LogP) is 6.18. The molecule has 0 radical (unpaired) electrons. The molecule has 2 atom stereocenters. The molecule has 2 unspecified atom stereocenters. The summed E-state index contributed by atoms with van der Waals surface area (Å²) in [5, 5.41) is 15.8. The quantitative estimate of drug-likeness (QED) is 0.107. The number of nitrogens with two attached hydrogens (primary N) is 2. The van der Waals surface area contributed by atoms with Crippen molar-refractivity contribution in [1.29, 1.82) is 0 Å². The van der Waals surface area contributed by atoms with Crippen molar-refractivity contribution in [3.05, 3.63) is 95.2 Å². The highest BCUT2D eigenvalue weighted by atomic mass is 32.1. The molecule has 11 nitrogen and oxygen atoms in total. The summed E-state index contributed by atoms with van der Waals surface area (Å²) >= 11 is 3.43. The van der Waals surface area contributed by atoms with Gasteiger partial charge in [0.2, 0.25) is 0 Å². The number of piperazine rings is 2. The van der Waals surface area contributed by atoms with Crippen molar-refractivity contribution < 1.29 is 4.79 Å². The molecular formula is C41H40N10OS2. The van der Waals surface area contributed by atoms with Crippen LogP contribution in [0.1, 0.15) is 11.1 Å². The van der Waals surface area contributed by atoms with E-state index in [-0.39, 0.29) is 17.9 Å². The molecule has 8 aromatic rings. The van der Waals surface area contributed by atoms with Crippen LogP contribution in [0, 0.1) is 0 Å². The van der Waals surface area contributed by atoms with Crippen LogP contribution in [0.15, 0.2) is 84.1 Å². The second-order valence-corrected chi connectivity index (χ2v) is 16.2. The molecule has 2 aliphatic rings. The Morgan fingerprint density at radius 2 is 1.19 bits per heavy atom. The first-order valence-corrected chi connectivity index (χ1v) is 20.1. The average Bonchev–Trinajstić information content (AvgIpc) is 4.03. The summed E-state index contributed by atoms with van der Waals surface area (Å²) < 4.78 is 2.31. The number of anilines is 2. The number of Topliss-reactive ketones (excluding diaryl/α,β-unsaturated/α-hetero) is 1. The van der Waals surface area contributed by atoms with Gasteiger partial charge < -0.3 is 32.1 Å². The van der Waals surface area contributed by atoms with Crippen molar-refractivity contribution in [3.8, 4) is 22.3 Å². The van der Waals surface area contributed by atoms with E-state index in [9.17, 15) is 4.79 Å².